The molecule has 0 saturated carbocycles. The normalized spacial score (nSPS) is 12.6. The van der Waals surface area contributed by atoms with Crippen LogP contribution >= 0.6 is 0 Å². The van der Waals surface area contributed by atoms with Gasteiger partial charge in [-0.2, -0.15) is 0 Å². The first-order valence-electron chi connectivity index (χ1n) is 5.91. The number of oxime groups is 1. The summed E-state index contributed by atoms with van der Waals surface area (Å²) in [4.78, 5) is 6.51. The minimum atomic E-state index is 0.0817. The van der Waals surface area contributed by atoms with Gasteiger partial charge in [0.1, 0.15) is 5.82 Å². The summed E-state index contributed by atoms with van der Waals surface area (Å²) in [6.07, 6.45) is 0. The minimum Gasteiger partial charge on any atom is -0.409 e. The number of anilines is 1. The predicted molar refractivity (Wildman–Crippen MR) is 74.2 cm³/mol. The molecule has 5 heteroatoms. The summed E-state index contributed by atoms with van der Waals surface area (Å²) in [5.41, 5.74) is 7.37. The molecule has 1 aromatic heterocycles. The highest BCUT2D eigenvalue weighted by molar-refractivity contribution is 6.01. The lowest BCUT2D eigenvalue weighted by molar-refractivity contribution is 0.318. The molecule has 0 spiro atoms. The van der Waals surface area contributed by atoms with Crippen LogP contribution in [-0.4, -0.2) is 29.6 Å². The van der Waals surface area contributed by atoms with Crippen molar-refractivity contribution in [3.05, 3.63) is 23.4 Å². The Bertz CT molecular complexity index is 449. The van der Waals surface area contributed by atoms with E-state index in [0.717, 1.165) is 18.1 Å². The Balaban J connectivity index is 3.17. The van der Waals surface area contributed by atoms with Crippen LogP contribution in [0.25, 0.3) is 0 Å². The molecule has 0 saturated heterocycles. The topological polar surface area (TPSA) is 74.7 Å². The van der Waals surface area contributed by atoms with Gasteiger partial charge in [0.05, 0.1) is 5.56 Å². The molecule has 0 unspecified atom stereocenters. The Labute approximate surface area is 108 Å². The molecule has 0 aliphatic rings. The summed E-state index contributed by atoms with van der Waals surface area (Å²) >= 11 is 0. The predicted octanol–water partition coefficient (Wildman–Crippen LogP) is 1.97. The van der Waals surface area contributed by atoms with Crippen molar-refractivity contribution in [2.24, 2.45) is 16.3 Å². The number of hydrogen-bond acceptors (Lipinski definition) is 4. The molecule has 1 rings (SSSR count). The van der Waals surface area contributed by atoms with Crippen molar-refractivity contribution in [2.45, 2.75) is 27.7 Å². The number of hydrogen-bond donors (Lipinski definition) is 2. The van der Waals surface area contributed by atoms with Crippen LogP contribution in [0.15, 0.2) is 17.3 Å². The molecule has 18 heavy (non-hydrogen) atoms. The summed E-state index contributed by atoms with van der Waals surface area (Å²) in [6.45, 7) is 9.22. The zero-order chi connectivity index (χ0) is 13.9. The Hall–Kier alpha value is -1.78. The molecule has 0 radical (unpaired) electrons. The standard InChI is InChI=1S/C13H22N4O/c1-9-6-7-10(11(14)16-18)12(15-9)17(5)8-13(2,3)4/h6-7,18H,8H2,1-5H3,(H2,14,16). The first-order valence-corrected chi connectivity index (χ1v) is 5.91. The number of nitrogens with two attached hydrogens (primary N) is 1. The summed E-state index contributed by atoms with van der Waals surface area (Å²) in [6, 6.07) is 3.67. The molecule has 1 heterocycles. The maximum Gasteiger partial charge on any atom is 0.173 e. The number of pyridine rings is 1. The lowest BCUT2D eigenvalue weighted by atomic mass is 9.96. The molecule has 3 N–H and O–H groups in total. The molecule has 0 aromatic carbocycles. The molecule has 0 amide bonds. The van der Waals surface area contributed by atoms with Gasteiger partial charge >= 0.3 is 0 Å². The van der Waals surface area contributed by atoms with Crippen molar-refractivity contribution in [3.8, 4) is 0 Å². The van der Waals surface area contributed by atoms with Gasteiger partial charge in [0, 0.05) is 19.3 Å². The van der Waals surface area contributed by atoms with E-state index in [1.54, 1.807) is 0 Å². The van der Waals surface area contributed by atoms with Crippen molar-refractivity contribution >= 4 is 11.7 Å². The molecule has 0 fully saturated rings. The monoisotopic (exact) mass is 250 g/mol. The van der Waals surface area contributed by atoms with Gasteiger partial charge < -0.3 is 15.8 Å². The average molecular weight is 250 g/mol. The van der Waals surface area contributed by atoms with Crippen molar-refractivity contribution in [2.75, 3.05) is 18.5 Å². The summed E-state index contributed by atoms with van der Waals surface area (Å²) in [5.74, 6) is 0.818. The van der Waals surface area contributed by atoms with E-state index in [9.17, 15) is 0 Å². The second kappa shape index (κ2) is 5.25. The van der Waals surface area contributed by atoms with E-state index < -0.39 is 0 Å². The van der Waals surface area contributed by atoms with E-state index >= 15 is 0 Å². The fraction of sp³-hybridized carbons (Fsp3) is 0.538. The maximum atomic E-state index is 8.81. The third kappa shape index (κ3) is 3.61. The van der Waals surface area contributed by atoms with E-state index in [0.29, 0.717) is 5.56 Å². The molecule has 1 aromatic rings. The van der Waals surface area contributed by atoms with Gasteiger partial charge in [-0.1, -0.05) is 25.9 Å². The SMILES string of the molecule is Cc1ccc(C(N)=NO)c(N(C)CC(C)(C)C)n1. The van der Waals surface area contributed by atoms with Gasteiger partial charge in [0.2, 0.25) is 0 Å². The Kier molecular flexibility index (Phi) is 4.16. The van der Waals surface area contributed by atoms with E-state index in [1.807, 2.05) is 31.0 Å². The van der Waals surface area contributed by atoms with Crippen molar-refractivity contribution in [1.29, 1.82) is 0 Å². The highest BCUT2D eigenvalue weighted by atomic mass is 16.4. The molecule has 5 nitrogen and oxygen atoms in total. The summed E-state index contributed by atoms with van der Waals surface area (Å²) < 4.78 is 0. The Morgan fingerprint density at radius 3 is 2.56 bits per heavy atom. The summed E-state index contributed by atoms with van der Waals surface area (Å²) in [5, 5.41) is 11.9. The van der Waals surface area contributed by atoms with E-state index in [-0.39, 0.29) is 11.3 Å². The molecule has 0 atom stereocenters. The van der Waals surface area contributed by atoms with Crippen LogP contribution in [0, 0.1) is 12.3 Å². The average Bonchev–Trinajstić information content (AvgIpc) is 2.25. The zero-order valence-electron chi connectivity index (χ0n) is 11.7. The quantitative estimate of drug-likeness (QED) is 0.372. The zero-order valence-corrected chi connectivity index (χ0v) is 11.7. The van der Waals surface area contributed by atoms with Gasteiger partial charge in [-0.3, -0.25) is 0 Å². The molecule has 0 aliphatic heterocycles. The first-order chi connectivity index (χ1) is 8.24. The fourth-order valence-corrected chi connectivity index (χ4v) is 1.87. The minimum absolute atomic E-state index is 0.0817. The second-order valence-electron chi connectivity index (χ2n) is 5.73. The number of aryl methyl sites for hydroxylation is 1. The smallest absolute Gasteiger partial charge is 0.173 e. The summed E-state index contributed by atoms with van der Waals surface area (Å²) in [7, 11) is 1.96. The molecular weight excluding hydrogens is 228 g/mol. The van der Waals surface area contributed by atoms with Crippen LogP contribution in [0.1, 0.15) is 32.0 Å². The van der Waals surface area contributed by atoms with E-state index in [2.05, 4.69) is 30.9 Å². The van der Waals surface area contributed by atoms with Crippen LogP contribution < -0.4 is 10.6 Å². The molecule has 0 bridgehead atoms. The first kappa shape index (κ1) is 14.3. The van der Waals surface area contributed by atoms with E-state index in [1.165, 1.54) is 0 Å². The van der Waals surface area contributed by atoms with Crippen molar-refractivity contribution in [3.63, 3.8) is 0 Å². The Morgan fingerprint density at radius 1 is 1.44 bits per heavy atom. The van der Waals surface area contributed by atoms with Crippen LogP contribution in [0.5, 0.6) is 0 Å². The maximum absolute atomic E-state index is 8.81. The van der Waals surface area contributed by atoms with Crippen molar-refractivity contribution in [1.82, 2.24) is 4.98 Å². The second-order valence-corrected chi connectivity index (χ2v) is 5.73. The number of aromatic nitrogens is 1. The van der Waals surface area contributed by atoms with Crippen LogP contribution in [0.3, 0.4) is 0 Å². The third-order valence-corrected chi connectivity index (χ3v) is 2.47. The molecule has 100 valence electrons. The van der Waals surface area contributed by atoms with Gasteiger partial charge in [0.15, 0.2) is 5.84 Å². The van der Waals surface area contributed by atoms with Crippen LogP contribution in [0.4, 0.5) is 5.82 Å². The lowest BCUT2D eigenvalue weighted by Crippen LogP contribution is -2.32. The van der Waals surface area contributed by atoms with Crippen molar-refractivity contribution < 1.29 is 5.21 Å². The highest BCUT2D eigenvalue weighted by Gasteiger charge is 2.18. The third-order valence-electron chi connectivity index (χ3n) is 2.47. The fourth-order valence-electron chi connectivity index (χ4n) is 1.87. The van der Waals surface area contributed by atoms with Gasteiger partial charge in [-0.25, -0.2) is 4.98 Å². The van der Waals surface area contributed by atoms with Crippen LogP contribution in [0.2, 0.25) is 0 Å². The lowest BCUT2D eigenvalue weighted by Gasteiger charge is -2.28. The van der Waals surface area contributed by atoms with E-state index in [4.69, 9.17) is 10.9 Å². The molecule has 0 aliphatic carbocycles. The van der Waals surface area contributed by atoms with Gasteiger partial charge in [-0.15, -0.1) is 0 Å². The van der Waals surface area contributed by atoms with Crippen LogP contribution in [-0.2, 0) is 0 Å². The highest BCUT2D eigenvalue weighted by Crippen LogP contribution is 2.22. The number of nitrogens with zero attached hydrogens (tertiary/aromatic N) is 3. The number of amidine groups is 1. The Morgan fingerprint density at radius 2 is 2.06 bits per heavy atom. The van der Waals surface area contributed by atoms with Gasteiger partial charge in [-0.05, 0) is 24.5 Å². The largest absolute Gasteiger partial charge is 0.409 e. The number of rotatable bonds is 3. The van der Waals surface area contributed by atoms with Gasteiger partial charge in [0.25, 0.3) is 0 Å². The molecular formula is C13H22N4O.